The second-order valence-corrected chi connectivity index (χ2v) is 5.34. The van der Waals surface area contributed by atoms with Gasteiger partial charge in [-0.15, -0.1) is 0 Å². The number of nitrogen functional groups attached to an aromatic ring is 1. The molecule has 1 heterocycles. The van der Waals surface area contributed by atoms with E-state index in [1.54, 1.807) is 38.1 Å². The van der Waals surface area contributed by atoms with Gasteiger partial charge in [0.05, 0.1) is 0 Å². The molecule has 0 aliphatic carbocycles. The third-order valence-electron chi connectivity index (χ3n) is 3.69. The normalized spacial score (nSPS) is 10.1. The maximum absolute atomic E-state index is 12.1. The monoisotopic (exact) mass is 310 g/mol. The number of benzene rings is 1. The van der Waals surface area contributed by atoms with Crippen LogP contribution in [0, 0.1) is 25.2 Å². The van der Waals surface area contributed by atoms with Crippen LogP contribution in [0.1, 0.15) is 28.8 Å². The molecule has 6 heteroatoms. The Labute approximate surface area is 134 Å². The third kappa shape index (κ3) is 3.77. The molecule has 0 spiro atoms. The molecule has 23 heavy (non-hydrogen) atoms. The van der Waals surface area contributed by atoms with Gasteiger partial charge >= 0.3 is 0 Å². The molecule has 2 rings (SSSR count). The van der Waals surface area contributed by atoms with E-state index in [0.29, 0.717) is 29.1 Å². The van der Waals surface area contributed by atoms with Crippen molar-refractivity contribution in [1.29, 1.82) is 5.26 Å². The summed E-state index contributed by atoms with van der Waals surface area (Å²) in [6.07, 6.45) is 0.685. The van der Waals surface area contributed by atoms with Crippen molar-refractivity contribution in [3.05, 3.63) is 57.0 Å². The summed E-state index contributed by atoms with van der Waals surface area (Å²) >= 11 is 0. The molecule has 0 unspecified atom stereocenters. The van der Waals surface area contributed by atoms with Crippen molar-refractivity contribution < 1.29 is 4.79 Å². The van der Waals surface area contributed by atoms with Crippen LogP contribution in [0.15, 0.2) is 29.1 Å². The summed E-state index contributed by atoms with van der Waals surface area (Å²) in [6.45, 7) is 3.49. The Balaban J connectivity index is 2.11. The van der Waals surface area contributed by atoms with Crippen molar-refractivity contribution in [3.8, 4) is 6.07 Å². The summed E-state index contributed by atoms with van der Waals surface area (Å²) in [7, 11) is 0. The first-order valence-electron chi connectivity index (χ1n) is 7.20. The number of carbonyl (C=O) groups is 1. The number of pyridine rings is 1. The third-order valence-corrected chi connectivity index (χ3v) is 3.69. The van der Waals surface area contributed by atoms with Gasteiger partial charge in [-0.05, 0) is 49.6 Å². The molecule has 0 saturated carbocycles. The van der Waals surface area contributed by atoms with Crippen molar-refractivity contribution in [2.45, 2.75) is 26.7 Å². The molecule has 0 aliphatic rings. The molecule has 0 saturated heterocycles. The Hall–Kier alpha value is -3.07. The number of nitrogens with two attached hydrogens (primary N) is 1. The highest BCUT2D eigenvalue weighted by atomic mass is 16.1. The van der Waals surface area contributed by atoms with Gasteiger partial charge in [-0.3, -0.25) is 9.59 Å². The van der Waals surface area contributed by atoms with Crippen LogP contribution in [-0.4, -0.2) is 10.9 Å². The van der Waals surface area contributed by atoms with E-state index in [1.807, 2.05) is 6.07 Å². The Bertz CT molecular complexity index is 847. The van der Waals surface area contributed by atoms with E-state index in [1.165, 1.54) is 0 Å². The number of H-pyrrole nitrogens is 1. The first kappa shape index (κ1) is 16.3. The van der Waals surface area contributed by atoms with E-state index in [2.05, 4.69) is 10.3 Å². The predicted octanol–water partition coefficient (Wildman–Crippen LogP) is 2.02. The van der Waals surface area contributed by atoms with Crippen molar-refractivity contribution in [2.75, 3.05) is 11.1 Å². The second-order valence-electron chi connectivity index (χ2n) is 5.34. The van der Waals surface area contributed by atoms with Crippen molar-refractivity contribution in [1.82, 2.24) is 4.98 Å². The van der Waals surface area contributed by atoms with Crippen LogP contribution in [0.2, 0.25) is 0 Å². The number of carbonyl (C=O) groups excluding carboxylic acids is 1. The Kier molecular flexibility index (Phi) is 4.82. The molecule has 0 aliphatic heterocycles. The van der Waals surface area contributed by atoms with Gasteiger partial charge in [0, 0.05) is 23.5 Å². The fourth-order valence-electron chi connectivity index (χ4n) is 2.50. The van der Waals surface area contributed by atoms with Crippen LogP contribution in [0.25, 0.3) is 0 Å². The van der Waals surface area contributed by atoms with Crippen LogP contribution in [0.4, 0.5) is 11.4 Å². The number of aromatic nitrogens is 1. The van der Waals surface area contributed by atoms with Gasteiger partial charge in [0.1, 0.15) is 11.6 Å². The lowest BCUT2D eigenvalue weighted by Crippen LogP contribution is -2.18. The maximum Gasteiger partial charge on any atom is 0.266 e. The minimum Gasteiger partial charge on any atom is -0.399 e. The number of aryl methyl sites for hydroxylation is 1. The highest BCUT2D eigenvalue weighted by Gasteiger charge is 2.13. The minimum atomic E-state index is -0.393. The van der Waals surface area contributed by atoms with Gasteiger partial charge in [-0.1, -0.05) is 6.07 Å². The largest absolute Gasteiger partial charge is 0.399 e. The number of rotatable bonds is 4. The average molecular weight is 310 g/mol. The SMILES string of the molecule is Cc1[nH]c(=O)c(C#N)c(C)c1CCC(=O)Nc1cccc(N)c1. The van der Waals surface area contributed by atoms with Gasteiger partial charge in [0.2, 0.25) is 5.91 Å². The summed E-state index contributed by atoms with van der Waals surface area (Å²) in [6, 6.07) is 8.86. The number of nitriles is 1. The Morgan fingerprint density at radius 3 is 2.78 bits per heavy atom. The van der Waals surface area contributed by atoms with E-state index in [-0.39, 0.29) is 17.9 Å². The van der Waals surface area contributed by atoms with Crippen molar-refractivity contribution >= 4 is 17.3 Å². The standard InChI is InChI=1S/C17H18N4O2/c1-10-14(11(2)20-17(23)15(10)9-18)6-7-16(22)21-13-5-3-4-12(19)8-13/h3-5,8H,6-7,19H2,1-2H3,(H,20,23)(H,21,22). The molecule has 1 amide bonds. The van der Waals surface area contributed by atoms with E-state index >= 15 is 0 Å². The van der Waals surface area contributed by atoms with Crippen LogP contribution in [-0.2, 0) is 11.2 Å². The Morgan fingerprint density at radius 2 is 2.13 bits per heavy atom. The van der Waals surface area contributed by atoms with Gasteiger partial charge in [0.15, 0.2) is 0 Å². The molecule has 6 nitrogen and oxygen atoms in total. The molecule has 1 aromatic heterocycles. The molecule has 0 radical (unpaired) electrons. The number of anilines is 2. The van der Waals surface area contributed by atoms with Gasteiger partial charge in [-0.2, -0.15) is 5.26 Å². The number of amides is 1. The van der Waals surface area contributed by atoms with E-state index in [9.17, 15) is 9.59 Å². The van der Waals surface area contributed by atoms with Crippen LogP contribution in [0.3, 0.4) is 0 Å². The van der Waals surface area contributed by atoms with Crippen molar-refractivity contribution in [2.24, 2.45) is 0 Å². The number of nitrogens with one attached hydrogen (secondary N) is 2. The van der Waals surface area contributed by atoms with E-state index < -0.39 is 5.56 Å². The molecule has 4 N–H and O–H groups in total. The first-order valence-corrected chi connectivity index (χ1v) is 7.20. The number of aromatic amines is 1. The van der Waals surface area contributed by atoms with Gasteiger partial charge in [-0.25, -0.2) is 0 Å². The molecular weight excluding hydrogens is 292 g/mol. The lowest BCUT2D eigenvalue weighted by Gasteiger charge is -2.11. The van der Waals surface area contributed by atoms with Crippen LogP contribution >= 0.6 is 0 Å². The molecule has 1 aromatic carbocycles. The summed E-state index contributed by atoms with van der Waals surface area (Å²) in [4.78, 5) is 26.4. The summed E-state index contributed by atoms with van der Waals surface area (Å²) in [5, 5.41) is 11.8. The summed E-state index contributed by atoms with van der Waals surface area (Å²) in [5.74, 6) is -0.154. The molecule has 0 atom stereocenters. The molecule has 2 aromatic rings. The minimum absolute atomic E-state index is 0.0989. The van der Waals surface area contributed by atoms with E-state index in [4.69, 9.17) is 11.0 Å². The first-order chi connectivity index (χ1) is 10.9. The van der Waals surface area contributed by atoms with Crippen LogP contribution in [0.5, 0.6) is 0 Å². The molecule has 118 valence electrons. The molecule has 0 bridgehead atoms. The zero-order valence-corrected chi connectivity index (χ0v) is 13.1. The fraction of sp³-hybridized carbons (Fsp3) is 0.235. The zero-order valence-electron chi connectivity index (χ0n) is 13.1. The predicted molar refractivity (Wildman–Crippen MR) is 89.1 cm³/mol. The summed E-state index contributed by atoms with van der Waals surface area (Å²) in [5.41, 5.74) is 8.73. The van der Waals surface area contributed by atoms with Crippen molar-refractivity contribution in [3.63, 3.8) is 0 Å². The highest BCUT2D eigenvalue weighted by Crippen LogP contribution is 2.16. The number of hydrogen-bond donors (Lipinski definition) is 3. The average Bonchev–Trinajstić information content (AvgIpc) is 2.47. The second kappa shape index (κ2) is 6.79. The smallest absolute Gasteiger partial charge is 0.266 e. The lowest BCUT2D eigenvalue weighted by molar-refractivity contribution is -0.116. The molecular formula is C17H18N4O2. The highest BCUT2D eigenvalue weighted by molar-refractivity contribution is 5.91. The number of nitrogens with zero attached hydrogens (tertiary/aromatic N) is 1. The fourth-order valence-corrected chi connectivity index (χ4v) is 2.50. The van der Waals surface area contributed by atoms with E-state index in [0.717, 1.165) is 5.56 Å². The Morgan fingerprint density at radius 1 is 1.39 bits per heavy atom. The molecule has 0 fully saturated rings. The van der Waals surface area contributed by atoms with Crippen LogP contribution < -0.4 is 16.6 Å². The van der Waals surface area contributed by atoms with Gasteiger partial charge < -0.3 is 16.0 Å². The topological polar surface area (TPSA) is 112 Å². The lowest BCUT2D eigenvalue weighted by atomic mass is 9.99. The quantitative estimate of drug-likeness (QED) is 0.750. The maximum atomic E-state index is 12.1. The van der Waals surface area contributed by atoms with Gasteiger partial charge in [0.25, 0.3) is 5.56 Å². The number of hydrogen-bond acceptors (Lipinski definition) is 4. The summed E-state index contributed by atoms with van der Waals surface area (Å²) < 4.78 is 0. The zero-order chi connectivity index (χ0) is 17.0.